The van der Waals surface area contributed by atoms with Gasteiger partial charge in [-0.05, 0) is 46.5 Å². The van der Waals surface area contributed by atoms with Gasteiger partial charge < -0.3 is 4.42 Å². The molecule has 6 heteroatoms. The van der Waals surface area contributed by atoms with Crippen molar-refractivity contribution in [1.29, 1.82) is 0 Å². The summed E-state index contributed by atoms with van der Waals surface area (Å²) in [6, 6.07) is 52.1. The summed E-state index contributed by atoms with van der Waals surface area (Å²) in [6.45, 7) is 0. The molecule has 0 bridgehead atoms. The van der Waals surface area contributed by atoms with Gasteiger partial charge in [-0.2, -0.15) is 0 Å². The monoisotopic (exact) mass is 639 g/mol. The van der Waals surface area contributed by atoms with Gasteiger partial charge in [-0.1, -0.05) is 121 Å². The van der Waals surface area contributed by atoms with Gasteiger partial charge in [-0.15, -0.1) is 0 Å². The van der Waals surface area contributed by atoms with E-state index in [2.05, 4.69) is 120 Å². The second-order valence-electron chi connectivity index (χ2n) is 12.7. The van der Waals surface area contributed by atoms with Gasteiger partial charge in [0.2, 0.25) is 0 Å². The van der Waals surface area contributed by atoms with Crippen LogP contribution in [0.5, 0.6) is 0 Å². The molecule has 0 radical (unpaired) electrons. The maximum atomic E-state index is 6.37. The molecule has 50 heavy (non-hydrogen) atoms. The van der Waals surface area contributed by atoms with E-state index in [1.807, 2.05) is 36.4 Å². The smallest absolute Gasteiger partial charge is 0.164 e. The van der Waals surface area contributed by atoms with Crippen LogP contribution in [0, 0.1) is 0 Å². The lowest BCUT2D eigenvalue weighted by atomic mass is 10.1. The highest BCUT2D eigenvalue weighted by Crippen LogP contribution is 2.42. The minimum absolute atomic E-state index is 0.614. The van der Waals surface area contributed by atoms with Crippen molar-refractivity contribution in [2.45, 2.75) is 0 Å². The lowest BCUT2D eigenvalue weighted by molar-refractivity contribution is 0.669. The Morgan fingerprint density at radius 1 is 0.420 bits per heavy atom. The van der Waals surface area contributed by atoms with Crippen LogP contribution in [0.1, 0.15) is 0 Å². The van der Waals surface area contributed by atoms with Gasteiger partial charge in [0, 0.05) is 33.0 Å². The molecule has 232 valence electrons. The van der Waals surface area contributed by atoms with Gasteiger partial charge in [0.25, 0.3) is 0 Å². The molecule has 4 aromatic heterocycles. The highest BCUT2D eigenvalue weighted by Gasteiger charge is 2.22. The van der Waals surface area contributed by atoms with Gasteiger partial charge in [-0.3, -0.25) is 4.40 Å². The Kier molecular flexibility index (Phi) is 5.57. The summed E-state index contributed by atoms with van der Waals surface area (Å²) in [7, 11) is 0. The normalized spacial score (nSPS) is 12.0. The Balaban J connectivity index is 1.11. The van der Waals surface area contributed by atoms with Crippen LogP contribution in [-0.2, 0) is 0 Å². The van der Waals surface area contributed by atoms with Crippen LogP contribution >= 0.6 is 0 Å². The first-order valence-corrected chi connectivity index (χ1v) is 16.6. The molecule has 0 fully saturated rings. The number of hydrogen-bond acceptors (Lipinski definition) is 5. The zero-order valence-electron chi connectivity index (χ0n) is 26.6. The van der Waals surface area contributed by atoms with Crippen LogP contribution in [0.25, 0.3) is 106 Å². The average molecular weight is 640 g/mol. The second kappa shape index (κ2) is 10.3. The molecule has 0 atom stereocenters. The molecular weight excluding hydrogens is 615 g/mol. The fourth-order valence-electron chi connectivity index (χ4n) is 7.46. The number of furan rings is 1. The zero-order chi connectivity index (χ0) is 32.8. The number of imidazole rings is 1. The van der Waals surface area contributed by atoms with Crippen molar-refractivity contribution in [3.63, 3.8) is 0 Å². The molecule has 11 rings (SSSR count). The molecule has 0 saturated heterocycles. The number of benzene rings is 7. The van der Waals surface area contributed by atoms with Gasteiger partial charge >= 0.3 is 0 Å². The lowest BCUT2D eigenvalue weighted by Gasteiger charge is -2.10. The molecule has 0 amide bonds. The van der Waals surface area contributed by atoms with E-state index in [4.69, 9.17) is 24.4 Å². The van der Waals surface area contributed by atoms with E-state index >= 15 is 0 Å². The third kappa shape index (κ3) is 3.96. The summed E-state index contributed by atoms with van der Waals surface area (Å²) in [6.07, 6.45) is 0. The van der Waals surface area contributed by atoms with Gasteiger partial charge in [0.15, 0.2) is 17.5 Å². The Labute approximate surface area is 285 Å². The quantitative estimate of drug-likeness (QED) is 0.192. The van der Waals surface area contributed by atoms with Crippen molar-refractivity contribution in [1.82, 2.24) is 24.3 Å². The highest BCUT2D eigenvalue weighted by atomic mass is 16.3. The number of nitrogens with zero attached hydrogens (tertiary/aromatic N) is 5. The summed E-state index contributed by atoms with van der Waals surface area (Å²) >= 11 is 0. The summed E-state index contributed by atoms with van der Waals surface area (Å²) in [5.74, 6) is 2.75. The van der Waals surface area contributed by atoms with Crippen molar-refractivity contribution < 1.29 is 4.42 Å². The highest BCUT2D eigenvalue weighted by molar-refractivity contribution is 6.28. The van der Waals surface area contributed by atoms with E-state index in [0.717, 1.165) is 77.3 Å². The molecule has 0 aliphatic rings. The topological polar surface area (TPSA) is 69.1 Å². The zero-order valence-corrected chi connectivity index (χ0v) is 26.6. The SMILES string of the molecule is c1ccc(-c2nc(-c3ccc(-c4nc5ccc6oc7cccc8c9ccccc9n4c5c6c78)cc3)nc(-c3ccc4ccccc4c3)n2)cc1. The lowest BCUT2D eigenvalue weighted by Crippen LogP contribution is -2.00. The summed E-state index contributed by atoms with van der Waals surface area (Å²) < 4.78 is 8.67. The van der Waals surface area contributed by atoms with Crippen molar-refractivity contribution >= 4 is 60.0 Å². The number of rotatable bonds is 4. The van der Waals surface area contributed by atoms with Gasteiger partial charge in [0.05, 0.1) is 21.9 Å². The second-order valence-corrected chi connectivity index (χ2v) is 12.7. The van der Waals surface area contributed by atoms with E-state index < -0.39 is 0 Å². The van der Waals surface area contributed by atoms with E-state index in [-0.39, 0.29) is 0 Å². The molecule has 4 heterocycles. The summed E-state index contributed by atoms with van der Waals surface area (Å²) in [4.78, 5) is 20.2. The summed E-state index contributed by atoms with van der Waals surface area (Å²) in [5.41, 5.74) is 8.60. The first kappa shape index (κ1) is 27.1. The maximum absolute atomic E-state index is 6.37. The van der Waals surface area contributed by atoms with Gasteiger partial charge in [0.1, 0.15) is 17.0 Å². The van der Waals surface area contributed by atoms with E-state index in [9.17, 15) is 0 Å². The molecule has 0 aliphatic carbocycles. The maximum Gasteiger partial charge on any atom is 0.164 e. The molecule has 0 aliphatic heterocycles. The Morgan fingerprint density at radius 3 is 1.90 bits per heavy atom. The third-order valence-corrected chi connectivity index (χ3v) is 9.79. The number of para-hydroxylation sites is 1. The molecule has 0 saturated carbocycles. The third-order valence-electron chi connectivity index (χ3n) is 9.79. The fourth-order valence-corrected chi connectivity index (χ4v) is 7.46. The van der Waals surface area contributed by atoms with Crippen LogP contribution < -0.4 is 0 Å². The van der Waals surface area contributed by atoms with Gasteiger partial charge in [-0.25, -0.2) is 19.9 Å². The van der Waals surface area contributed by atoms with Crippen molar-refractivity contribution in [3.05, 3.63) is 152 Å². The molecule has 0 unspecified atom stereocenters. The molecule has 6 nitrogen and oxygen atoms in total. The van der Waals surface area contributed by atoms with E-state index in [0.29, 0.717) is 17.5 Å². The first-order chi connectivity index (χ1) is 24.8. The van der Waals surface area contributed by atoms with Crippen molar-refractivity contribution in [2.24, 2.45) is 0 Å². The number of hydrogen-bond donors (Lipinski definition) is 0. The Hall–Kier alpha value is -6.92. The first-order valence-electron chi connectivity index (χ1n) is 16.6. The fraction of sp³-hybridized carbons (Fsp3) is 0. The van der Waals surface area contributed by atoms with Crippen LogP contribution in [-0.4, -0.2) is 24.3 Å². The average Bonchev–Trinajstić information content (AvgIpc) is 3.73. The number of aromatic nitrogens is 5. The predicted octanol–water partition coefficient (Wildman–Crippen LogP) is 11.0. The van der Waals surface area contributed by atoms with Crippen LogP contribution in [0.4, 0.5) is 0 Å². The molecule has 7 aromatic carbocycles. The largest absolute Gasteiger partial charge is 0.456 e. The summed E-state index contributed by atoms with van der Waals surface area (Å²) in [5, 5.41) is 6.86. The Bertz CT molecular complexity index is 3090. The van der Waals surface area contributed by atoms with Crippen molar-refractivity contribution in [3.8, 4) is 45.6 Å². The minimum atomic E-state index is 0.614. The van der Waals surface area contributed by atoms with Crippen LogP contribution in [0.15, 0.2) is 156 Å². The van der Waals surface area contributed by atoms with E-state index in [1.54, 1.807) is 0 Å². The molecular formula is C44H25N5O. The minimum Gasteiger partial charge on any atom is -0.456 e. The van der Waals surface area contributed by atoms with E-state index in [1.165, 1.54) is 10.8 Å². The Morgan fingerprint density at radius 2 is 1.06 bits per heavy atom. The van der Waals surface area contributed by atoms with Crippen molar-refractivity contribution in [2.75, 3.05) is 0 Å². The molecule has 0 N–H and O–H groups in total. The number of fused-ring (bicyclic) bond motifs is 4. The molecule has 0 spiro atoms. The van der Waals surface area contributed by atoms with Crippen LogP contribution in [0.3, 0.4) is 0 Å². The predicted molar refractivity (Wildman–Crippen MR) is 201 cm³/mol. The standard InChI is InChI=1S/C44H25N5O/c1-2-10-27(11-3-1)41-46-42(48-43(47-41)31-22-17-26-9-4-5-12-30(26)25-31)28-18-20-29(21-19-28)44-45-34-23-24-37-39-38-33(14-8-16-36(38)50-37)32-13-6-7-15-35(32)49(44)40(34)39/h1-25H. The molecule has 11 aromatic rings. The van der Waals surface area contributed by atoms with Crippen LogP contribution in [0.2, 0.25) is 0 Å².